The molecule has 15 rings (SSSR count). The van der Waals surface area contributed by atoms with Crippen LogP contribution in [0.4, 0.5) is 22.7 Å². The highest BCUT2D eigenvalue weighted by molar-refractivity contribution is 6.83. The highest BCUT2D eigenvalue weighted by atomic mass is 15.3. The summed E-state index contributed by atoms with van der Waals surface area (Å²) >= 11 is 0. The van der Waals surface area contributed by atoms with Crippen molar-refractivity contribution in [2.45, 2.75) is 130 Å². The van der Waals surface area contributed by atoms with Crippen molar-refractivity contribution in [3.05, 3.63) is 208 Å². The van der Waals surface area contributed by atoms with E-state index >= 15 is 0 Å². The third-order valence-electron chi connectivity index (χ3n) is 19.5. The molecular formula is C72H70B2N4. The summed E-state index contributed by atoms with van der Waals surface area (Å²) < 4.78 is 5.63. The van der Waals surface area contributed by atoms with Gasteiger partial charge in [-0.05, 0) is 145 Å². The van der Waals surface area contributed by atoms with Gasteiger partial charge in [0.2, 0.25) is 0 Å². The van der Waals surface area contributed by atoms with E-state index in [1.54, 1.807) is 5.57 Å². The van der Waals surface area contributed by atoms with Crippen LogP contribution in [0.2, 0.25) is 0 Å². The summed E-state index contributed by atoms with van der Waals surface area (Å²) in [6, 6.07) is 57.6. The van der Waals surface area contributed by atoms with Crippen molar-refractivity contribution in [3.63, 3.8) is 0 Å². The van der Waals surface area contributed by atoms with Gasteiger partial charge in [-0.1, -0.05) is 210 Å². The Morgan fingerprint density at radius 2 is 0.885 bits per heavy atom. The Morgan fingerprint density at radius 1 is 0.449 bits per heavy atom. The minimum absolute atomic E-state index is 0.102. The maximum absolute atomic E-state index is 2.83. The summed E-state index contributed by atoms with van der Waals surface area (Å²) in [4.78, 5) is 5.65. The predicted octanol–water partition coefficient (Wildman–Crippen LogP) is 18.7. The first-order valence-corrected chi connectivity index (χ1v) is 29.3. The van der Waals surface area contributed by atoms with Gasteiger partial charge < -0.3 is 18.6 Å². The molecule has 6 heterocycles. The first kappa shape index (κ1) is 47.8. The maximum atomic E-state index is 2.83. The summed E-state index contributed by atoms with van der Waals surface area (Å²) in [5, 5.41) is 5.34. The summed E-state index contributed by atoms with van der Waals surface area (Å²) in [7, 11) is 0. The molecule has 0 N–H and O–H groups in total. The minimum atomic E-state index is -0.270. The Morgan fingerprint density at radius 3 is 1.38 bits per heavy atom. The topological polar surface area (TPSA) is 16.3 Å². The molecule has 0 saturated heterocycles. The SMILES string of the molecule is CC(C)c1cccc(C(C)C)c1-c1ccc2c(c1)c1c3c4c(c5c1n2B1C2=C(CCC=C2)C(C)(C)c2ccccc2N15)c1cc(-c2c(C(C)C)cccc2C(C)C)ccc1n4B1c2ccccc2C(C)(C)c2ccccc2N13. The van der Waals surface area contributed by atoms with Crippen LogP contribution in [0.5, 0.6) is 0 Å². The fraction of sp³-hybridized carbons (Fsp3) is 0.278. The van der Waals surface area contributed by atoms with Gasteiger partial charge in [-0.15, -0.1) is 0 Å². The van der Waals surface area contributed by atoms with E-state index in [-0.39, 0.29) is 24.8 Å². The van der Waals surface area contributed by atoms with Crippen molar-refractivity contribution in [3.8, 4) is 22.3 Å². The molecule has 0 amide bonds. The van der Waals surface area contributed by atoms with Crippen LogP contribution >= 0.6 is 0 Å². The van der Waals surface area contributed by atoms with E-state index in [0.717, 1.165) is 12.8 Å². The number of rotatable bonds is 6. The number of allylic oxidation sites excluding steroid dienone is 4. The number of hydrogen-bond donors (Lipinski definition) is 0. The van der Waals surface area contributed by atoms with E-state index in [0.29, 0.717) is 23.7 Å². The average Bonchev–Trinajstić information content (AvgIpc) is 4.01. The molecule has 0 fully saturated rings. The van der Waals surface area contributed by atoms with Crippen LogP contribution in [0.1, 0.15) is 159 Å². The molecule has 0 spiro atoms. The van der Waals surface area contributed by atoms with Gasteiger partial charge in [0.25, 0.3) is 0 Å². The average molecular weight is 1010 g/mol. The van der Waals surface area contributed by atoms with Gasteiger partial charge in [0.05, 0.1) is 22.4 Å². The second kappa shape index (κ2) is 16.6. The summed E-state index contributed by atoms with van der Waals surface area (Å²) in [6.07, 6.45) is 7.08. The van der Waals surface area contributed by atoms with Crippen LogP contribution < -0.4 is 15.1 Å². The van der Waals surface area contributed by atoms with E-state index in [9.17, 15) is 0 Å². The first-order chi connectivity index (χ1) is 37.6. The van der Waals surface area contributed by atoms with E-state index in [1.807, 2.05) is 0 Å². The third kappa shape index (κ3) is 6.10. The van der Waals surface area contributed by atoms with Crippen LogP contribution in [0, 0.1) is 0 Å². The van der Waals surface area contributed by atoms with Crippen molar-refractivity contribution in [1.29, 1.82) is 0 Å². The van der Waals surface area contributed by atoms with E-state index in [4.69, 9.17) is 0 Å². The molecule has 4 aliphatic heterocycles. The Hall–Kier alpha value is -7.43. The second-order valence-electron chi connectivity index (χ2n) is 25.8. The lowest BCUT2D eigenvalue weighted by molar-refractivity contribution is 0.591. The van der Waals surface area contributed by atoms with E-state index in [1.165, 1.54) is 138 Å². The lowest BCUT2D eigenvalue weighted by atomic mass is 9.59. The van der Waals surface area contributed by atoms with Gasteiger partial charge >= 0.3 is 14.0 Å². The molecule has 0 unspecified atom stereocenters. The largest absolute Gasteiger partial charge is 0.421 e. The zero-order valence-corrected chi connectivity index (χ0v) is 47.7. The number of nitrogens with zero attached hydrogens (tertiary/aromatic N) is 4. The molecule has 0 radical (unpaired) electrons. The van der Waals surface area contributed by atoms with Crippen molar-refractivity contribution in [2.24, 2.45) is 0 Å². The van der Waals surface area contributed by atoms with E-state index in [2.05, 4.69) is 259 Å². The maximum Gasteiger partial charge on any atom is 0.421 e. The Kier molecular flexibility index (Phi) is 10.1. The highest BCUT2D eigenvalue weighted by Crippen LogP contribution is 2.63. The Labute approximate surface area is 462 Å². The standard InChI is InChI=1S/C72H70B2N4/c1-41(2)47-23-21-24-48(42(3)4)63(47)45-35-37-59-51(39-45)65-67-70(78-62-34-20-16-30-56(62)71(9,10)53-27-13-17-31-57(53)73(78)75(59)67)66-52-40-46(64-49(43(5)6)25-22-26-50(64)44(7)8)36-38-60(52)76-68(66)69(65)77-61-33-19-15-29-55(61)72(11,12)54-28-14-18-32-58(54)74(76)77/h13,15-27,29-44H,14,28H2,1-12H3. The van der Waals surface area contributed by atoms with Gasteiger partial charge in [-0.2, -0.15) is 0 Å². The molecule has 2 aromatic heterocycles. The molecule has 0 atom stereocenters. The number of fused-ring (bicyclic) bond motifs is 21. The molecule has 78 heavy (non-hydrogen) atoms. The molecule has 8 aromatic carbocycles. The normalized spacial score (nSPS) is 16.6. The van der Waals surface area contributed by atoms with Crippen molar-refractivity contribution < 1.29 is 0 Å². The number of anilines is 4. The number of benzene rings is 8. The molecule has 384 valence electrons. The number of para-hydroxylation sites is 2. The minimum Gasteiger partial charge on any atom is -0.359 e. The fourth-order valence-electron chi connectivity index (χ4n) is 16.0. The second-order valence-corrected chi connectivity index (χ2v) is 25.8. The van der Waals surface area contributed by atoms with Crippen LogP contribution in [-0.4, -0.2) is 22.9 Å². The lowest BCUT2D eigenvalue weighted by Crippen LogP contribution is -2.49. The number of aromatic nitrogens is 2. The quantitative estimate of drug-likeness (QED) is 0.154. The zero-order valence-electron chi connectivity index (χ0n) is 47.7. The molecule has 6 heteroatoms. The van der Waals surface area contributed by atoms with Crippen molar-refractivity contribution in [2.75, 3.05) is 9.62 Å². The smallest absolute Gasteiger partial charge is 0.359 e. The lowest BCUT2D eigenvalue weighted by Gasteiger charge is -2.32. The Balaban J connectivity index is 1.20. The van der Waals surface area contributed by atoms with Crippen LogP contribution in [0.3, 0.4) is 0 Å². The van der Waals surface area contributed by atoms with Gasteiger partial charge in [-0.3, -0.25) is 0 Å². The van der Waals surface area contributed by atoms with Gasteiger partial charge in [-0.25, -0.2) is 0 Å². The molecule has 5 aliphatic rings. The van der Waals surface area contributed by atoms with Crippen molar-refractivity contribution >= 4 is 85.8 Å². The molecule has 10 aromatic rings. The molecule has 0 bridgehead atoms. The van der Waals surface area contributed by atoms with Crippen LogP contribution in [0.15, 0.2) is 169 Å². The fourth-order valence-corrected chi connectivity index (χ4v) is 16.0. The summed E-state index contributed by atoms with van der Waals surface area (Å²) in [5.41, 5.74) is 29.5. The summed E-state index contributed by atoms with van der Waals surface area (Å²) in [5.74, 6) is 1.47. The van der Waals surface area contributed by atoms with Gasteiger partial charge in [0, 0.05) is 54.8 Å². The predicted molar refractivity (Wildman–Crippen MR) is 336 cm³/mol. The molecule has 1 aliphatic carbocycles. The molecule has 4 nitrogen and oxygen atoms in total. The summed E-state index contributed by atoms with van der Waals surface area (Å²) in [6.45, 7) is 28.6. The highest BCUT2D eigenvalue weighted by Gasteiger charge is 2.54. The number of hydrogen-bond acceptors (Lipinski definition) is 2. The van der Waals surface area contributed by atoms with E-state index < -0.39 is 0 Å². The van der Waals surface area contributed by atoms with Crippen LogP contribution in [0.25, 0.3) is 65.9 Å². The van der Waals surface area contributed by atoms with Crippen molar-refractivity contribution in [1.82, 2.24) is 8.96 Å². The monoisotopic (exact) mass is 1010 g/mol. The van der Waals surface area contributed by atoms with Crippen LogP contribution in [-0.2, 0) is 10.8 Å². The van der Waals surface area contributed by atoms with Gasteiger partial charge in [0.1, 0.15) is 0 Å². The third-order valence-corrected chi connectivity index (χ3v) is 19.5. The van der Waals surface area contributed by atoms with Gasteiger partial charge in [0.15, 0.2) is 0 Å². The zero-order chi connectivity index (χ0) is 53.6. The Bertz CT molecular complexity index is 4270. The first-order valence-electron chi connectivity index (χ1n) is 29.3. The molecule has 0 saturated carbocycles. The molecular weight excluding hydrogens is 942 g/mol.